The van der Waals surface area contributed by atoms with Crippen molar-refractivity contribution in [3.05, 3.63) is 83.4 Å². The van der Waals surface area contributed by atoms with Gasteiger partial charge in [-0.3, -0.25) is 14.4 Å². The molecular weight excluding hydrogens is 518 g/mol. The van der Waals surface area contributed by atoms with Crippen LogP contribution >= 0.6 is 11.3 Å². The molecule has 1 aromatic heterocycles. The zero-order valence-corrected chi connectivity index (χ0v) is 23.1. The van der Waals surface area contributed by atoms with Gasteiger partial charge in [0, 0.05) is 39.3 Å². The lowest BCUT2D eigenvalue weighted by molar-refractivity contribution is 0.0948. The van der Waals surface area contributed by atoms with Crippen LogP contribution in [-0.2, 0) is 10.0 Å². The average Bonchev–Trinajstić information content (AvgIpc) is 3.35. The number of piperazine rings is 1. The number of hydrogen-bond acceptors (Lipinski definition) is 7. The molecule has 8 nitrogen and oxygen atoms in total. The molecule has 2 heterocycles. The molecule has 0 aliphatic carbocycles. The van der Waals surface area contributed by atoms with Crippen LogP contribution in [0.3, 0.4) is 0 Å². The number of benzene rings is 3. The van der Waals surface area contributed by atoms with Crippen molar-refractivity contribution in [3.63, 3.8) is 0 Å². The van der Waals surface area contributed by atoms with Gasteiger partial charge in [-0.1, -0.05) is 53.3 Å². The van der Waals surface area contributed by atoms with Crippen LogP contribution in [0, 0.1) is 13.8 Å². The number of fused-ring (bicyclic) bond motifs is 1. The maximum absolute atomic E-state index is 12.9. The van der Waals surface area contributed by atoms with Gasteiger partial charge in [0.2, 0.25) is 0 Å². The molecule has 2 N–H and O–H groups in total. The van der Waals surface area contributed by atoms with Crippen LogP contribution in [0.1, 0.15) is 21.5 Å². The zero-order valence-electron chi connectivity index (χ0n) is 21.5. The molecular formula is C28H31N5O3S2. The summed E-state index contributed by atoms with van der Waals surface area (Å²) in [6, 6.07) is 19.5. The van der Waals surface area contributed by atoms with Crippen LogP contribution in [-0.4, -0.2) is 63.5 Å². The predicted molar refractivity (Wildman–Crippen MR) is 154 cm³/mol. The van der Waals surface area contributed by atoms with Crippen LogP contribution in [0.15, 0.2) is 71.6 Å². The minimum absolute atomic E-state index is 0.151. The number of thiazole rings is 1. The van der Waals surface area contributed by atoms with E-state index in [-0.39, 0.29) is 16.5 Å². The molecule has 0 atom stereocenters. The molecule has 1 amide bonds. The standard InChI is InChI=1S/C28H31N5O3S2/c1-20-10-12-22(13-11-20)38(35,36)31-24-8-4-3-7-23(24)27(34)29-14-15-32-16-18-33(19-17-32)28-30-26-21(2)6-5-9-25(26)37-28/h3-13,31H,14-19H2,1-2H3,(H,29,34). The summed E-state index contributed by atoms with van der Waals surface area (Å²) in [6.07, 6.45) is 0. The number of aryl methyl sites for hydroxylation is 2. The topological polar surface area (TPSA) is 94.6 Å². The van der Waals surface area contributed by atoms with Gasteiger partial charge in [0.1, 0.15) is 0 Å². The molecule has 1 saturated heterocycles. The first-order valence-electron chi connectivity index (χ1n) is 12.6. The third-order valence-electron chi connectivity index (χ3n) is 6.71. The number of sulfonamides is 1. The number of anilines is 2. The first-order chi connectivity index (χ1) is 18.3. The quantitative estimate of drug-likeness (QED) is 0.341. The van der Waals surface area contributed by atoms with Crippen molar-refractivity contribution in [1.82, 2.24) is 15.2 Å². The van der Waals surface area contributed by atoms with E-state index in [0.717, 1.165) is 48.9 Å². The molecule has 38 heavy (non-hydrogen) atoms. The van der Waals surface area contributed by atoms with Gasteiger partial charge in [0.05, 0.1) is 26.4 Å². The molecule has 10 heteroatoms. The fourth-order valence-corrected chi connectivity index (χ4v) is 6.66. The highest BCUT2D eigenvalue weighted by atomic mass is 32.2. The first-order valence-corrected chi connectivity index (χ1v) is 14.9. The molecule has 1 aliphatic heterocycles. The van der Waals surface area contributed by atoms with Crippen molar-refractivity contribution in [2.75, 3.05) is 48.9 Å². The minimum Gasteiger partial charge on any atom is -0.351 e. The van der Waals surface area contributed by atoms with Crippen molar-refractivity contribution in [2.45, 2.75) is 18.7 Å². The number of aromatic nitrogens is 1. The van der Waals surface area contributed by atoms with Crippen LogP contribution in [0.2, 0.25) is 0 Å². The Balaban J connectivity index is 1.14. The van der Waals surface area contributed by atoms with Crippen LogP contribution < -0.4 is 14.9 Å². The van der Waals surface area contributed by atoms with Crippen LogP contribution in [0.25, 0.3) is 10.2 Å². The molecule has 0 unspecified atom stereocenters. The number of para-hydroxylation sites is 2. The van der Waals surface area contributed by atoms with Gasteiger partial charge in [-0.15, -0.1) is 0 Å². The Morgan fingerprint density at radius 1 is 0.947 bits per heavy atom. The van der Waals surface area contributed by atoms with E-state index < -0.39 is 10.0 Å². The van der Waals surface area contributed by atoms with E-state index in [9.17, 15) is 13.2 Å². The second-order valence-corrected chi connectivity index (χ2v) is 12.2. The monoisotopic (exact) mass is 549 g/mol. The number of hydrogen-bond donors (Lipinski definition) is 2. The van der Waals surface area contributed by atoms with Gasteiger partial charge in [-0.2, -0.15) is 0 Å². The summed E-state index contributed by atoms with van der Waals surface area (Å²) in [7, 11) is -3.81. The number of rotatable bonds is 8. The van der Waals surface area contributed by atoms with Crippen molar-refractivity contribution >= 4 is 48.3 Å². The lowest BCUT2D eigenvalue weighted by Gasteiger charge is -2.34. The van der Waals surface area contributed by atoms with Crippen molar-refractivity contribution in [2.24, 2.45) is 0 Å². The predicted octanol–water partition coefficient (Wildman–Crippen LogP) is 4.27. The van der Waals surface area contributed by atoms with Gasteiger partial charge >= 0.3 is 0 Å². The second-order valence-electron chi connectivity index (χ2n) is 9.47. The maximum Gasteiger partial charge on any atom is 0.261 e. The van der Waals surface area contributed by atoms with Gasteiger partial charge in [-0.05, 0) is 49.7 Å². The van der Waals surface area contributed by atoms with E-state index in [4.69, 9.17) is 4.98 Å². The number of amides is 1. The van der Waals surface area contributed by atoms with Gasteiger partial charge in [0.25, 0.3) is 15.9 Å². The highest BCUT2D eigenvalue weighted by Gasteiger charge is 2.21. The molecule has 0 spiro atoms. The molecule has 1 aliphatic rings. The summed E-state index contributed by atoms with van der Waals surface area (Å²) in [6.45, 7) is 8.72. The van der Waals surface area contributed by atoms with E-state index in [1.165, 1.54) is 10.3 Å². The van der Waals surface area contributed by atoms with Gasteiger partial charge in [-0.25, -0.2) is 13.4 Å². The Morgan fingerprint density at radius 3 is 2.42 bits per heavy atom. The van der Waals surface area contributed by atoms with Crippen molar-refractivity contribution in [3.8, 4) is 0 Å². The van der Waals surface area contributed by atoms with Crippen LogP contribution in [0.4, 0.5) is 10.8 Å². The summed E-state index contributed by atoms with van der Waals surface area (Å²) in [5.74, 6) is -0.310. The Morgan fingerprint density at radius 2 is 1.68 bits per heavy atom. The maximum atomic E-state index is 12.9. The largest absolute Gasteiger partial charge is 0.351 e. The normalized spacial score (nSPS) is 14.5. The number of carbonyl (C=O) groups is 1. The first kappa shape index (κ1) is 26.1. The third kappa shape index (κ3) is 5.82. The Labute approximate surface area is 227 Å². The lowest BCUT2D eigenvalue weighted by Crippen LogP contribution is -2.48. The summed E-state index contributed by atoms with van der Waals surface area (Å²) >= 11 is 1.73. The van der Waals surface area contributed by atoms with Gasteiger partial charge < -0.3 is 10.2 Å². The van der Waals surface area contributed by atoms with Crippen LogP contribution in [0.5, 0.6) is 0 Å². The van der Waals surface area contributed by atoms with E-state index >= 15 is 0 Å². The molecule has 1 fully saturated rings. The van der Waals surface area contributed by atoms with E-state index in [1.807, 2.05) is 6.92 Å². The molecule has 5 rings (SSSR count). The van der Waals surface area contributed by atoms with Crippen molar-refractivity contribution in [1.29, 1.82) is 0 Å². The zero-order chi connectivity index (χ0) is 26.7. The summed E-state index contributed by atoms with van der Waals surface area (Å²) in [4.78, 5) is 22.6. The molecule has 4 aromatic rings. The average molecular weight is 550 g/mol. The Bertz CT molecular complexity index is 1540. The SMILES string of the molecule is Cc1ccc(S(=O)(=O)Nc2ccccc2C(=O)NCCN2CCN(c3nc4c(C)cccc4s3)CC2)cc1. The summed E-state index contributed by atoms with van der Waals surface area (Å²) < 4.78 is 29.5. The highest BCUT2D eigenvalue weighted by molar-refractivity contribution is 7.92. The number of nitrogens with one attached hydrogen (secondary N) is 2. The summed E-state index contributed by atoms with van der Waals surface area (Å²) in [5.41, 5.74) is 3.80. The molecule has 0 saturated carbocycles. The lowest BCUT2D eigenvalue weighted by atomic mass is 10.1. The Kier molecular flexibility index (Phi) is 7.64. The minimum atomic E-state index is -3.81. The molecule has 0 radical (unpaired) electrons. The Hall–Kier alpha value is -3.47. The fraction of sp³-hybridized carbons (Fsp3) is 0.286. The second kappa shape index (κ2) is 11.1. The number of carbonyl (C=O) groups excluding carboxylic acids is 1. The molecule has 198 valence electrons. The number of nitrogens with zero attached hydrogens (tertiary/aromatic N) is 3. The van der Waals surface area contributed by atoms with Gasteiger partial charge in [0.15, 0.2) is 5.13 Å². The highest BCUT2D eigenvalue weighted by Crippen LogP contribution is 2.31. The fourth-order valence-electron chi connectivity index (χ4n) is 4.49. The summed E-state index contributed by atoms with van der Waals surface area (Å²) in [5, 5.41) is 4.01. The van der Waals surface area contributed by atoms with E-state index in [2.05, 4.69) is 45.0 Å². The van der Waals surface area contributed by atoms with E-state index in [0.29, 0.717) is 12.1 Å². The molecule has 3 aromatic carbocycles. The van der Waals surface area contributed by atoms with Crippen molar-refractivity contribution < 1.29 is 13.2 Å². The third-order valence-corrected chi connectivity index (χ3v) is 9.18. The molecule has 0 bridgehead atoms. The smallest absolute Gasteiger partial charge is 0.261 e. The van der Waals surface area contributed by atoms with E-state index in [1.54, 1.807) is 59.9 Å².